The van der Waals surface area contributed by atoms with Crippen LogP contribution in [0.1, 0.15) is 30.1 Å². The lowest BCUT2D eigenvalue weighted by Gasteiger charge is -2.21. The maximum atomic E-state index is 6.17. The van der Waals surface area contributed by atoms with Crippen LogP contribution in [0, 0.1) is 0 Å². The van der Waals surface area contributed by atoms with Gasteiger partial charge in [0.05, 0.1) is 0 Å². The number of hydrogen-bond acceptors (Lipinski definition) is 2. The van der Waals surface area contributed by atoms with Gasteiger partial charge in [-0.1, -0.05) is 0 Å². The summed E-state index contributed by atoms with van der Waals surface area (Å²) in [4.78, 5) is 1.30. The molecule has 0 spiro atoms. The summed E-state index contributed by atoms with van der Waals surface area (Å²) in [6, 6.07) is 11.1. The second-order valence-electron chi connectivity index (χ2n) is 4.78. The van der Waals surface area contributed by atoms with Crippen molar-refractivity contribution in [2.75, 3.05) is 6.26 Å². The predicted octanol–water partition coefficient (Wildman–Crippen LogP) is 3.54. The molecule has 2 N–H and O–H groups in total. The molecular formula is C15H18N2S. The minimum absolute atomic E-state index is 0.223. The Morgan fingerprint density at radius 1 is 1.22 bits per heavy atom. The molecule has 0 saturated carbocycles. The van der Waals surface area contributed by atoms with Crippen LogP contribution in [0.25, 0.3) is 5.69 Å². The molecule has 0 aliphatic heterocycles. The van der Waals surface area contributed by atoms with Crippen LogP contribution in [0.15, 0.2) is 41.4 Å². The number of hydrogen-bond donors (Lipinski definition) is 1. The van der Waals surface area contributed by atoms with Gasteiger partial charge in [0.1, 0.15) is 0 Å². The first-order valence-corrected chi connectivity index (χ1v) is 7.62. The van der Waals surface area contributed by atoms with Gasteiger partial charge < -0.3 is 10.3 Å². The molecule has 2 aromatic rings. The summed E-state index contributed by atoms with van der Waals surface area (Å²) in [5, 5.41) is 0. The van der Waals surface area contributed by atoms with E-state index in [4.69, 9.17) is 5.73 Å². The van der Waals surface area contributed by atoms with E-state index in [0.29, 0.717) is 0 Å². The Morgan fingerprint density at radius 2 is 2.00 bits per heavy atom. The summed E-state index contributed by atoms with van der Waals surface area (Å²) in [5.74, 6) is 0. The molecule has 0 fully saturated rings. The average molecular weight is 258 g/mol. The van der Waals surface area contributed by atoms with E-state index >= 15 is 0 Å². The van der Waals surface area contributed by atoms with Crippen LogP contribution in [0.5, 0.6) is 0 Å². The monoisotopic (exact) mass is 258 g/mol. The largest absolute Gasteiger partial charge is 0.324 e. The quantitative estimate of drug-likeness (QED) is 0.835. The van der Waals surface area contributed by atoms with Crippen LogP contribution in [-0.2, 0) is 6.42 Å². The minimum Gasteiger partial charge on any atom is -0.324 e. The average Bonchev–Trinajstić information content (AvgIpc) is 2.84. The molecule has 1 aliphatic carbocycles. The molecule has 1 atom stereocenters. The molecule has 18 heavy (non-hydrogen) atoms. The third-order valence-corrected chi connectivity index (χ3v) is 4.45. The molecule has 0 amide bonds. The van der Waals surface area contributed by atoms with Crippen LogP contribution in [0.4, 0.5) is 0 Å². The number of nitrogens with zero attached hydrogens (tertiary/aromatic N) is 1. The molecule has 0 radical (unpaired) electrons. The fraction of sp³-hybridized carbons (Fsp3) is 0.333. The Hall–Kier alpha value is -1.19. The van der Waals surface area contributed by atoms with E-state index in [2.05, 4.69) is 47.4 Å². The summed E-state index contributed by atoms with van der Waals surface area (Å²) < 4.78 is 2.29. The molecule has 1 unspecified atom stereocenters. The highest BCUT2D eigenvalue weighted by atomic mass is 32.2. The molecule has 1 aromatic carbocycles. The van der Waals surface area contributed by atoms with Crippen molar-refractivity contribution in [2.45, 2.75) is 30.2 Å². The number of nitrogens with two attached hydrogens (primary N) is 1. The van der Waals surface area contributed by atoms with E-state index in [0.717, 1.165) is 12.8 Å². The summed E-state index contributed by atoms with van der Waals surface area (Å²) in [6.07, 6.45) is 7.71. The van der Waals surface area contributed by atoms with Crippen LogP contribution < -0.4 is 5.73 Å². The zero-order valence-corrected chi connectivity index (χ0v) is 11.4. The van der Waals surface area contributed by atoms with Gasteiger partial charge in [-0.3, -0.25) is 0 Å². The molecular weight excluding hydrogens is 240 g/mol. The van der Waals surface area contributed by atoms with E-state index in [-0.39, 0.29) is 6.04 Å². The second-order valence-corrected chi connectivity index (χ2v) is 5.66. The van der Waals surface area contributed by atoms with Gasteiger partial charge in [-0.25, -0.2) is 0 Å². The van der Waals surface area contributed by atoms with Crippen LogP contribution >= 0.6 is 11.8 Å². The molecule has 3 heteroatoms. The highest BCUT2D eigenvalue weighted by molar-refractivity contribution is 7.98. The van der Waals surface area contributed by atoms with Crippen molar-refractivity contribution < 1.29 is 0 Å². The maximum Gasteiger partial charge on any atom is 0.0453 e. The van der Waals surface area contributed by atoms with E-state index in [9.17, 15) is 0 Å². The van der Waals surface area contributed by atoms with Gasteiger partial charge in [0.15, 0.2) is 0 Å². The zero-order chi connectivity index (χ0) is 12.5. The predicted molar refractivity (Wildman–Crippen MR) is 77.4 cm³/mol. The Balaban J connectivity index is 2.01. The standard InChI is InChI=1S/C15H18N2S/c1-18-12-7-5-11(6-8-12)17-10-9-13-14(16)3-2-4-15(13)17/h5-10,14H,2-4,16H2,1H3. The first kappa shape index (κ1) is 11.9. The molecule has 2 nitrogen and oxygen atoms in total. The summed E-state index contributed by atoms with van der Waals surface area (Å²) in [6.45, 7) is 0. The number of thioether (sulfide) groups is 1. The van der Waals surface area contributed by atoms with Crippen LogP contribution in [0.3, 0.4) is 0 Å². The summed E-state index contributed by atoms with van der Waals surface area (Å²) >= 11 is 1.77. The summed E-state index contributed by atoms with van der Waals surface area (Å²) in [7, 11) is 0. The highest BCUT2D eigenvalue weighted by Crippen LogP contribution is 2.30. The molecule has 1 aliphatic rings. The van der Waals surface area contributed by atoms with Crippen molar-refractivity contribution in [3.05, 3.63) is 47.8 Å². The lowest BCUT2D eigenvalue weighted by Crippen LogP contribution is -2.17. The number of aromatic nitrogens is 1. The third kappa shape index (κ3) is 1.98. The smallest absolute Gasteiger partial charge is 0.0453 e. The lowest BCUT2D eigenvalue weighted by molar-refractivity contribution is 0.560. The number of benzene rings is 1. The van der Waals surface area contributed by atoms with Crippen molar-refractivity contribution in [2.24, 2.45) is 5.73 Å². The van der Waals surface area contributed by atoms with Gasteiger partial charge >= 0.3 is 0 Å². The molecule has 3 rings (SSSR count). The molecule has 0 bridgehead atoms. The molecule has 0 saturated heterocycles. The SMILES string of the molecule is CSc1ccc(-n2ccc3c2CCCC3N)cc1. The molecule has 94 valence electrons. The van der Waals surface area contributed by atoms with E-state index in [1.807, 2.05) is 0 Å². The minimum atomic E-state index is 0.223. The fourth-order valence-electron chi connectivity index (χ4n) is 2.71. The van der Waals surface area contributed by atoms with Crippen molar-refractivity contribution in [3.8, 4) is 5.69 Å². The maximum absolute atomic E-state index is 6.17. The second kappa shape index (κ2) is 4.82. The van der Waals surface area contributed by atoms with Gasteiger partial charge in [-0.05, 0) is 61.4 Å². The van der Waals surface area contributed by atoms with Gasteiger partial charge in [-0.2, -0.15) is 0 Å². The van der Waals surface area contributed by atoms with Crippen LogP contribution in [-0.4, -0.2) is 10.8 Å². The third-order valence-electron chi connectivity index (χ3n) is 3.71. The van der Waals surface area contributed by atoms with E-state index in [1.165, 1.54) is 28.3 Å². The van der Waals surface area contributed by atoms with Gasteiger partial charge in [-0.15, -0.1) is 11.8 Å². The van der Waals surface area contributed by atoms with Gasteiger partial charge in [0, 0.05) is 28.5 Å². The first-order chi connectivity index (χ1) is 8.79. The van der Waals surface area contributed by atoms with Crippen LogP contribution in [0.2, 0.25) is 0 Å². The van der Waals surface area contributed by atoms with Crippen molar-refractivity contribution >= 4 is 11.8 Å². The van der Waals surface area contributed by atoms with Crippen molar-refractivity contribution in [3.63, 3.8) is 0 Å². The summed E-state index contributed by atoms with van der Waals surface area (Å²) in [5.41, 5.74) is 10.1. The van der Waals surface area contributed by atoms with Crippen molar-refractivity contribution in [1.82, 2.24) is 4.57 Å². The Morgan fingerprint density at radius 3 is 2.72 bits per heavy atom. The van der Waals surface area contributed by atoms with Crippen molar-refractivity contribution in [1.29, 1.82) is 0 Å². The highest BCUT2D eigenvalue weighted by Gasteiger charge is 2.20. The topological polar surface area (TPSA) is 30.9 Å². The normalized spacial score (nSPS) is 18.7. The molecule has 1 aromatic heterocycles. The Bertz CT molecular complexity index is 542. The van der Waals surface area contributed by atoms with E-state index in [1.54, 1.807) is 11.8 Å². The van der Waals surface area contributed by atoms with Gasteiger partial charge in [0.2, 0.25) is 0 Å². The Kier molecular flexibility index (Phi) is 3.18. The fourth-order valence-corrected chi connectivity index (χ4v) is 3.12. The number of fused-ring (bicyclic) bond motifs is 1. The zero-order valence-electron chi connectivity index (χ0n) is 10.6. The number of rotatable bonds is 2. The lowest BCUT2D eigenvalue weighted by atomic mass is 9.93. The molecule has 1 heterocycles. The first-order valence-electron chi connectivity index (χ1n) is 6.39. The van der Waals surface area contributed by atoms with E-state index < -0.39 is 0 Å². The Labute approximate surface area is 112 Å². The van der Waals surface area contributed by atoms with Gasteiger partial charge in [0.25, 0.3) is 0 Å².